The first kappa shape index (κ1) is 16.7. The molecule has 0 atom stereocenters. The van der Waals surface area contributed by atoms with Crippen LogP contribution >= 0.6 is 0 Å². The third-order valence-corrected chi connectivity index (χ3v) is 3.19. The van der Waals surface area contributed by atoms with E-state index in [9.17, 15) is 4.79 Å². The van der Waals surface area contributed by atoms with Crippen LogP contribution in [0.3, 0.4) is 0 Å². The minimum absolute atomic E-state index is 0.126. The zero-order valence-electron chi connectivity index (χ0n) is 13.7. The van der Waals surface area contributed by atoms with E-state index in [2.05, 4.69) is 20.8 Å². The number of aryl methyl sites for hydroxylation is 3. The zero-order valence-corrected chi connectivity index (χ0v) is 13.7. The van der Waals surface area contributed by atoms with Gasteiger partial charge in [-0.05, 0) is 44.9 Å². The first-order valence-corrected chi connectivity index (χ1v) is 7.66. The van der Waals surface area contributed by atoms with E-state index in [0.717, 1.165) is 22.7 Å². The summed E-state index contributed by atoms with van der Waals surface area (Å²) in [5.74, 6) is 1.10. The Hall–Kier alpha value is -2.63. The molecule has 0 aliphatic heterocycles. The quantitative estimate of drug-likeness (QED) is 0.768. The Labute approximate surface area is 136 Å². The number of carbonyl (C=O) groups is 1. The van der Waals surface area contributed by atoms with Gasteiger partial charge in [-0.1, -0.05) is 18.2 Å². The molecule has 122 valence electrons. The molecule has 6 heteroatoms. The first-order valence-electron chi connectivity index (χ1n) is 7.66. The van der Waals surface area contributed by atoms with E-state index >= 15 is 0 Å². The van der Waals surface area contributed by atoms with Crippen LogP contribution in [0.5, 0.6) is 5.75 Å². The molecule has 6 nitrogen and oxygen atoms in total. The summed E-state index contributed by atoms with van der Waals surface area (Å²) in [5, 5.41) is 0. The third-order valence-electron chi connectivity index (χ3n) is 3.19. The lowest BCUT2D eigenvalue weighted by molar-refractivity contribution is -0.120. The molecular formula is C17H22N4O2. The van der Waals surface area contributed by atoms with Crippen molar-refractivity contribution in [3.8, 4) is 5.75 Å². The normalized spacial score (nSPS) is 10.2. The zero-order chi connectivity index (χ0) is 16.7. The minimum Gasteiger partial charge on any atom is -0.494 e. The molecular weight excluding hydrogens is 292 g/mol. The van der Waals surface area contributed by atoms with E-state index in [1.807, 2.05) is 51.1 Å². The number of ether oxygens (including phenoxy) is 1. The van der Waals surface area contributed by atoms with Crippen LogP contribution in [-0.2, 0) is 11.2 Å². The highest BCUT2D eigenvalue weighted by Crippen LogP contribution is 2.19. The Morgan fingerprint density at radius 1 is 1.17 bits per heavy atom. The summed E-state index contributed by atoms with van der Waals surface area (Å²) in [4.78, 5) is 20.4. The van der Waals surface area contributed by atoms with Gasteiger partial charge in [-0.3, -0.25) is 15.6 Å². The van der Waals surface area contributed by atoms with Crippen LogP contribution in [0.2, 0.25) is 0 Å². The van der Waals surface area contributed by atoms with Crippen LogP contribution < -0.4 is 15.6 Å². The van der Waals surface area contributed by atoms with Gasteiger partial charge in [0.25, 0.3) is 0 Å². The molecule has 23 heavy (non-hydrogen) atoms. The number of hydrazine groups is 1. The molecule has 0 bridgehead atoms. The van der Waals surface area contributed by atoms with E-state index in [1.54, 1.807) is 0 Å². The Morgan fingerprint density at radius 2 is 1.87 bits per heavy atom. The van der Waals surface area contributed by atoms with E-state index in [-0.39, 0.29) is 5.91 Å². The van der Waals surface area contributed by atoms with E-state index < -0.39 is 0 Å². The maximum absolute atomic E-state index is 12.0. The van der Waals surface area contributed by atoms with Crippen molar-refractivity contribution in [1.82, 2.24) is 15.4 Å². The molecule has 1 aromatic heterocycles. The number of amides is 1. The Bertz CT molecular complexity index is 653. The van der Waals surface area contributed by atoms with Gasteiger partial charge in [0.2, 0.25) is 11.9 Å². The number of rotatable bonds is 7. The Balaban J connectivity index is 1.86. The van der Waals surface area contributed by atoms with E-state index in [4.69, 9.17) is 4.74 Å². The van der Waals surface area contributed by atoms with E-state index in [1.165, 1.54) is 0 Å². The van der Waals surface area contributed by atoms with Crippen molar-refractivity contribution in [2.24, 2.45) is 0 Å². The fraction of sp³-hybridized carbons (Fsp3) is 0.353. The summed E-state index contributed by atoms with van der Waals surface area (Å²) in [6.45, 7) is 6.31. The van der Waals surface area contributed by atoms with Gasteiger partial charge in [0, 0.05) is 17.8 Å². The number of hydrogen-bond acceptors (Lipinski definition) is 5. The van der Waals surface area contributed by atoms with Crippen LogP contribution in [0, 0.1) is 13.8 Å². The molecule has 2 aromatic rings. The van der Waals surface area contributed by atoms with Crippen molar-refractivity contribution in [2.75, 3.05) is 12.0 Å². The second-order valence-corrected chi connectivity index (χ2v) is 5.19. The maximum atomic E-state index is 12.0. The lowest BCUT2D eigenvalue weighted by Gasteiger charge is -2.11. The first-order chi connectivity index (χ1) is 11.1. The number of para-hydroxylation sites is 1. The molecule has 0 aliphatic rings. The van der Waals surface area contributed by atoms with Crippen molar-refractivity contribution in [3.63, 3.8) is 0 Å². The van der Waals surface area contributed by atoms with Crippen molar-refractivity contribution < 1.29 is 9.53 Å². The molecule has 0 radical (unpaired) electrons. The molecule has 0 saturated carbocycles. The second-order valence-electron chi connectivity index (χ2n) is 5.19. The van der Waals surface area contributed by atoms with Gasteiger partial charge >= 0.3 is 0 Å². The van der Waals surface area contributed by atoms with Gasteiger partial charge in [-0.15, -0.1) is 0 Å². The molecule has 2 N–H and O–H groups in total. The molecule has 1 amide bonds. The van der Waals surface area contributed by atoms with Crippen LogP contribution in [0.15, 0.2) is 30.3 Å². The smallest absolute Gasteiger partial charge is 0.242 e. The summed E-state index contributed by atoms with van der Waals surface area (Å²) >= 11 is 0. The number of hydrogen-bond donors (Lipinski definition) is 2. The predicted molar refractivity (Wildman–Crippen MR) is 89.2 cm³/mol. The van der Waals surface area contributed by atoms with Gasteiger partial charge in [0.1, 0.15) is 5.75 Å². The summed E-state index contributed by atoms with van der Waals surface area (Å²) in [6, 6.07) is 9.62. The van der Waals surface area contributed by atoms with Crippen LogP contribution in [-0.4, -0.2) is 22.5 Å². The molecule has 0 unspecified atom stereocenters. The summed E-state index contributed by atoms with van der Waals surface area (Å²) in [5.41, 5.74) is 8.08. The molecule has 1 aromatic carbocycles. The molecule has 0 fully saturated rings. The Kier molecular flexibility index (Phi) is 5.91. The van der Waals surface area contributed by atoms with Crippen molar-refractivity contribution in [1.29, 1.82) is 0 Å². The number of aromatic nitrogens is 2. The lowest BCUT2D eigenvalue weighted by atomic mass is 10.1. The summed E-state index contributed by atoms with van der Waals surface area (Å²) < 4.78 is 5.56. The second kappa shape index (κ2) is 8.12. The van der Waals surface area contributed by atoms with Crippen LogP contribution in [0.25, 0.3) is 0 Å². The van der Waals surface area contributed by atoms with Crippen molar-refractivity contribution >= 4 is 11.9 Å². The van der Waals surface area contributed by atoms with E-state index in [0.29, 0.717) is 25.4 Å². The average Bonchev–Trinajstić information content (AvgIpc) is 2.51. The monoisotopic (exact) mass is 314 g/mol. The maximum Gasteiger partial charge on any atom is 0.242 e. The highest BCUT2D eigenvalue weighted by Gasteiger charge is 2.07. The number of nitrogens with one attached hydrogen (secondary N) is 2. The third kappa shape index (κ3) is 5.25. The summed E-state index contributed by atoms with van der Waals surface area (Å²) in [6.07, 6.45) is 0.958. The molecule has 2 rings (SSSR count). The SMILES string of the molecule is CCOc1ccccc1CCC(=O)NNc1nc(C)cc(C)n1. The van der Waals surface area contributed by atoms with Gasteiger partial charge in [0.15, 0.2) is 0 Å². The highest BCUT2D eigenvalue weighted by atomic mass is 16.5. The number of benzene rings is 1. The largest absolute Gasteiger partial charge is 0.494 e. The number of nitrogens with zero attached hydrogens (tertiary/aromatic N) is 2. The molecule has 0 spiro atoms. The van der Waals surface area contributed by atoms with Crippen molar-refractivity contribution in [2.45, 2.75) is 33.6 Å². The average molecular weight is 314 g/mol. The number of anilines is 1. The fourth-order valence-corrected chi connectivity index (χ4v) is 2.22. The minimum atomic E-state index is -0.126. The lowest BCUT2D eigenvalue weighted by Crippen LogP contribution is -2.30. The topological polar surface area (TPSA) is 76.1 Å². The summed E-state index contributed by atoms with van der Waals surface area (Å²) in [7, 11) is 0. The van der Waals surface area contributed by atoms with Gasteiger partial charge in [0.05, 0.1) is 6.61 Å². The van der Waals surface area contributed by atoms with Crippen molar-refractivity contribution in [3.05, 3.63) is 47.3 Å². The Morgan fingerprint density at radius 3 is 2.57 bits per heavy atom. The van der Waals surface area contributed by atoms with Gasteiger partial charge < -0.3 is 4.74 Å². The molecule has 1 heterocycles. The molecule has 0 aliphatic carbocycles. The molecule has 0 saturated heterocycles. The van der Waals surface area contributed by atoms with Crippen LogP contribution in [0.1, 0.15) is 30.3 Å². The standard InChI is InChI=1S/C17H22N4O2/c1-4-23-15-8-6-5-7-14(15)9-10-16(22)20-21-17-18-12(2)11-13(3)19-17/h5-8,11H,4,9-10H2,1-3H3,(H,20,22)(H,18,19,21). The van der Waals surface area contributed by atoms with Gasteiger partial charge in [-0.2, -0.15) is 0 Å². The number of carbonyl (C=O) groups excluding carboxylic acids is 1. The fourth-order valence-electron chi connectivity index (χ4n) is 2.22. The van der Waals surface area contributed by atoms with Crippen LogP contribution in [0.4, 0.5) is 5.95 Å². The highest BCUT2D eigenvalue weighted by molar-refractivity contribution is 5.77. The predicted octanol–water partition coefficient (Wildman–Crippen LogP) is 2.57. The van der Waals surface area contributed by atoms with Gasteiger partial charge in [-0.25, -0.2) is 9.97 Å².